The van der Waals surface area contributed by atoms with Crippen LogP contribution in [0.4, 0.5) is 0 Å². The van der Waals surface area contributed by atoms with Crippen LogP contribution in [0, 0.1) is 0 Å². The second kappa shape index (κ2) is 23.5. The molecule has 0 aliphatic carbocycles. The van der Waals surface area contributed by atoms with Gasteiger partial charge in [-0.15, -0.1) is 13.2 Å². The van der Waals surface area contributed by atoms with Crippen molar-refractivity contribution in [2.24, 2.45) is 0 Å². The van der Waals surface area contributed by atoms with Crippen LogP contribution in [0.25, 0.3) is 0 Å². The zero-order valence-corrected chi connectivity index (χ0v) is 11.6. The lowest BCUT2D eigenvalue weighted by atomic mass is 10.6. The van der Waals surface area contributed by atoms with Gasteiger partial charge >= 0.3 is 0 Å². The van der Waals surface area contributed by atoms with Crippen LogP contribution in [0.15, 0.2) is 13.2 Å². The van der Waals surface area contributed by atoms with Crippen molar-refractivity contribution in [3.05, 3.63) is 13.2 Å². The summed E-state index contributed by atoms with van der Waals surface area (Å²) >= 11 is 3.08. The van der Waals surface area contributed by atoms with E-state index in [-0.39, 0.29) is 6.29 Å². The maximum absolute atomic E-state index is 9.37. The van der Waals surface area contributed by atoms with Crippen molar-refractivity contribution < 1.29 is 14.3 Å². The summed E-state index contributed by atoms with van der Waals surface area (Å²) in [5.41, 5.74) is 0. The Labute approximate surface area is 102 Å². The zero-order chi connectivity index (χ0) is 12.5. The molecule has 0 rings (SSSR count). The Morgan fingerprint density at radius 3 is 1.80 bits per heavy atom. The van der Waals surface area contributed by atoms with Gasteiger partial charge in [0.05, 0.1) is 0 Å². The van der Waals surface area contributed by atoms with Crippen molar-refractivity contribution in [2.45, 2.75) is 33.5 Å². The van der Waals surface area contributed by atoms with E-state index in [1.165, 1.54) is 0 Å². The van der Waals surface area contributed by atoms with Gasteiger partial charge in [0.1, 0.15) is 6.29 Å². The Morgan fingerprint density at radius 1 is 1.27 bits per heavy atom. The Kier molecular flexibility index (Phi) is 31.8. The van der Waals surface area contributed by atoms with Gasteiger partial charge in [0, 0.05) is 25.0 Å². The molecule has 0 aromatic rings. The molecule has 4 heteroatoms. The Bertz CT molecular complexity index is 104. The lowest BCUT2D eigenvalue weighted by Gasteiger charge is -2.09. The first kappa shape index (κ1) is 20.3. The summed E-state index contributed by atoms with van der Waals surface area (Å²) in [4.78, 5) is 9.37. The fourth-order valence-electron chi connectivity index (χ4n) is 0.562. The van der Waals surface area contributed by atoms with Crippen molar-refractivity contribution >= 4 is 22.2 Å². The number of hydrogen-bond donors (Lipinski definition) is 0. The van der Waals surface area contributed by atoms with E-state index in [4.69, 9.17) is 9.47 Å². The third-order valence-corrected chi connectivity index (χ3v) is 1.49. The lowest BCUT2D eigenvalue weighted by Crippen LogP contribution is -2.11. The minimum absolute atomic E-state index is 0.0370. The van der Waals surface area contributed by atoms with Gasteiger partial charge in [-0.05, 0) is 20.8 Å². The van der Waals surface area contributed by atoms with Crippen LogP contribution >= 0.6 is 15.9 Å². The van der Waals surface area contributed by atoms with E-state index in [1.807, 2.05) is 20.8 Å². The van der Waals surface area contributed by atoms with E-state index in [1.54, 1.807) is 0 Å². The molecule has 0 aliphatic heterocycles. The average Bonchev–Trinajstić information content (AvgIpc) is 2.24. The first-order valence-corrected chi connectivity index (χ1v) is 6.07. The Balaban J connectivity index is -0.000000177. The van der Waals surface area contributed by atoms with Crippen LogP contribution in [-0.2, 0) is 14.3 Å². The van der Waals surface area contributed by atoms with Gasteiger partial charge in [0.15, 0.2) is 6.29 Å². The van der Waals surface area contributed by atoms with Crippen molar-refractivity contribution in [3.8, 4) is 0 Å². The molecule has 0 aromatic carbocycles. The second-order valence-corrected chi connectivity index (χ2v) is 2.92. The highest BCUT2D eigenvalue weighted by Gasteiger charge is 1.94. The van der Waals surface area contributed by atoms with Crippen LogP contribution in [0.1, 0.15) is 27.2 Å². The lowest BCUT2D eigenvalue weighted by molar-refractivity contribution is -0.123. The third kappa shape index (κ3) is 31.6. The zero-order valence-electron chi connectivity index (χ0n) is 10.0. The number of carbonyl (C=O) groups excluding carboxylic acids is 1. The van der Waals surface area contributed by atoms with E-state index in [2.05, 4.69) is 29.1 Å². The standard InChI is InChI=1S/C6H14O2.C3H5BrO.C2H4/c1-4-7-6(3)8-5-2;4-2-1-3-5;1-2/h6H,4-5H2,1-3H3;3H,1-2H2;1-2H2. The largest absolute Gasteiger partial charge is 0.353 e. The second-order valence-electron chi connectivity index (χ2n) is 2.12. The summed E-state index contributed by atoms with van der Waals surface area (Å²) in [6, 6.07) is 0. The number of alkyl halides is 1. The predicted molar refractivity (Wildman–Crippen MR) is 68.4 cm³/mol. The molecule has 0 aliphatic rings. The van der Waals surface area contributed by atoms with Gasteiger partial charge in [0.25, 0.3) is 0 Å². The molecule has 0 unspecified atom stereocenters. The molecule has 3 nitrogen and oxygen atoms in total. The Morgan fingerprint density at radius 2 is 1.67 bits per heavy atom. The summed E-state index contributed by atoms with van der Waals surface area (Å²) in [6.07, 6.45) is 1.47. The van der Waals surface area contributed by atoms with Gasteiger partial charge in [-0.25, -0.2) is 0 Å². The average molecular weight is 283 g/mol. The molecule has 92 valence electrons. The van der Waals surface area contributed by atoms with Crippen LogP contribution in [0.3, 0.4) is 0 Å². The van der Waals surface area contributed by atoms with E-state index in [9.17, 15) is 4.79 Å². The van der Waals surface area contributed by atoms with Crippen LogP contribution in [-0.4, -0.2) is 31.1 Å². The molecule has 0 fully saturated rings. The normalized spacial score (nSPS) is 8.33. The van der Waals surface area contributed by atoms with Gasteiger partial charge in [-0.1, -0.05) is 15.9 Å². The summed E-state index contributed by atoms with van der Waals surface area (Å²) in [6.45, 7) is 13.3. The van der Waals surface area contributed by atoms with E-state index in [0.717, 1.165) is 24.8 Å². The van der Waals surface area contributed by atoms with E-state index in [0.29, 0.717) is 6.42 Å². The molecular formula is C11H23BrO3. The molecule has 0 heterocycles. The summed E-state index contributed by atoms with van der Waals surface area (Å²) in [5.74, 6) is 0. The van der Waals surface area contributed by atoms with Gasteiger partial charge in [0.2, 0.25) is 0 Å². The number of ether oxygens (including phenoxy) is 2. The highest BCUT2D eigenvalue weighted by atomic mass is 79.9. The van der Waals surface area contributed by atoms with Crippen LogP contribution in [0.5, 0.6) is 0 Å². The SMILES string of the molecule is C=C.CCOC(C)OCC.O=CCCBr. The third-order valence-electron chi connectivity index (χ3n) is 1.03. The molecule has 0 aromatic heterocycles. The van der Waals surface area contributed by atoms with Gasteiger partial charge in [-0.3, -0.25) is 0 Å². The molecule has 0 saturated carbocycles. The molecular weight excluding hydrogens is 260 g/mol. The minimum atomic E-state index is -0.0370. The number of halogens is 1. The highest BCUT2D eigenvalue weighted by molar-refractivity contribution is 9.09. The monoisotopic (exact) mass is 282 g/mol. The maximum Gasteiger partial charge on any atom is 0.154 e. The van der Waals surface area contributed by atoms with Crippen molar-refractivity contribution in [1.29, 1.82) is 0 Å². The molecule has 15 heavy (non-hydrogen) atoms. The van der Waals surface area contributed by atoms with E-state index >= 15 is 0 Å². The smallest absolute Gasteiger partial charge is 0.154 e. The summed E-state index contributed by atoms with van der Waals surface area (Å²) in [7, 11) is 0. The van der Waals surface area contributed by atoms with Crippen LogP contribution in [0.2, 0.25) is 0 Å². The first-order chi connectivity index (χ1) is 7.22. The molecule has 0 bridgehead atoms. The fraction of sp³-hybridized carbons (Fsp3) is 0.727. The summed E-state index contributed by atoms with van der Waals surface area (Å²) in [5, 5.41) is 0.788. The number of hydrogen-bond acceptors (Lipinski definition) is 3. The van der Waals surface area contributed by atoms with Gasteiger partial charge in [-0.2, -0.15) is 0 Å². The number of aldehydes is 1. The minimum Gasteiger partial charge on any atom is -0.353 e. The maximum atomic E-state index is 9.37. The van der Waals surface area contributed by atoms with E-state index < -0.39 is 0 Å². The fourth-order valence-corrected chi connectivity index (χ4v) is 0.749. The first-order valence-electron chi connectivity index (χ1n) is 4.95. The molecule has 0 atom stereocenters. The van der Waals surface area contributed by atoms with Crippen molar-refractivity contribution in [1.82, 2.24) is 0 Å². The van der Waals surface area contributed by atoms with Crippen molar-refractivity contribution in [2.75, 3.05) is 18.5 Å². The summed E-state index contributed by atoms with van der Waals surface area (Å²) < 4.78 is 10.1. The predicted octanol–water partition coefficient (Wildman–Crippen LogP) is 3.18. The molecule has 0 amide bonds. The van der Waals surface area contributed by atoms with Gasteiger partial charge < -0.3 is 14.3 Å². The highest BCUT2D eigenvalue weighted by Crippen LogP contribution is 1.90. The van der Waals surface area contributed by atoms with Crippen LogP contribution < -0.4 is 0 Å². The molecule has 0 N–H and O–H groups in total. The topological polar surface area (TPSA) is 35.5 Å². The Hall–Kier alpha value is -0.190. The quantitative estimate of drug-likeness (QED) is 0.325. The molecule has 0 radical (unpaired) electrons. The molecule has 0 saturated heterocycles. The van der Waals surface area contributed by atoms with Crippen molar-refractivity contribution in [3.63, 3.8) is 0 Å². The number of rotatable bonds is 6. The molecule has 0 spiro atoms. The number of carbonyl (C=O) groups is 1.